The van der Waals surface area contributed by atoms with Gasteiger partial charge in [-0.15, -0.1) is 0 Å². The Morgan fingerprint density at radius 2 is 2.12 bits per heavy atom. The molecule has 1 rings (SSSR count). The number of ether oxygens (including phenoxy) is 1. The second kappa shape index (κ2) is 5.72. The van der Waals surface area contributed by atoms with E-state index in [1.165, 1.54) is 7.11 Å². The van der Waals surface area contributed by atoms with Crippen molar-refractivity contribution < 1.29 is 14.9 Å². The van der Waals surface area contributed by atoms with Gasteiger partial charge < -0.3 is 20.7 Å². The summed E-state index contributed by atoms with van der Waals surface area (Å²) in [7, 11) is 1.51. The molecule has 0 aliphatic carbocycles. The zero-order valence-electron chi connectivity index (χ0n) is 9.68. The molecule has 0 saturated heterocycles. The van der Waals surface area contributed by atoms with Gasteiger partial charge in [0.05, 0.1) is 13.2 Å². The molecule has 4 N–H and O–H groups in total. The molecule has 0 spiro atoms. The molecule has 1 aromatic carbocycles. The second-order valence-corrected chi connectivity index (χ2v) is 3.92. The molecule has 0 heterocycles. The van der Waals surface area contributed by atoms with E-state index in [0.29, 0.717) is 12.2 Å². The molecule has 0 radical (unpaired) electrons. The fourth-order valence-electron chi connectivity index (χ4n) is 1.73. The van der Waals surface area contributed by atoms with Gasteiger partial charge in [-0.1, -0.05) is 19.1 Å². The maximum Gasteiger partial charge on any atom is 0.161 e. The highest BCUT2D eigenvalue weighted by atomic mass is 16.5. The van der Waals surface area contributed by atoms with Crippen molar-refractivity contribution in [1.29, 1.82) is 0 Å². The van der Waals surface area contributed by atoms with Crippen molar-refractivity contribution in [2.45, 2.75) is 25.4 Å². The van der Waals surface area contributed by atoms with Crippen LogP contribution in [0.3, 0.4) is 0 Å². The summed E-state index contributed by atoms with van der Waals surface area (Å²) in [4.78, 5) is 0. The molecule has 0 aliphatic heterocycles. The Balaban J connectivity index is 2.86. The van der Waals surface area contributed by atoms with E-state index >= 15 is 0 Å². The van der Waals surface area contributed by atoms with Crippen molar-refractivity contribution in [3.05, 3.63) is 23.8 Å². The van der Waals surface area contributed by atoms with E-state index in [1.54, 1.807) is 6.07 Å². The summed E-state index contributed by atoms with van der Waals surface area (Å²) in [5, 5.41) is 19.4. The van der Waals surface area contributed by atoms with Crippen molar-refractivity contribution >= 4 is 0 Å². The molecule has 0 bridgehead atoms. The van der Waals surface area contributed by atoms with E-state index in [1.807, 2.05) is 19.1 Å². The maximum absolute atomic E-state index is 9.91. The quantitative estimate of drug-likeness (QED) is 0.704. The molecule has 0 aliphatic rings. The maximum atomic E-state index is 9.91. The van der Waals surface area contributed by atoms with Crippen molar-refractivity contribution in [2.24, 2.45) is 5.73 Å². The van der Waals surface area contributed by atoms with Crippen LogP contribution < -0.4 is 10.5 Å². The van der Waals surface area contributed by atoms with Gasteiger partial charge >= 0.3 is 0 Å². The van der Waals surface area contributed by atoms with Crippen molar-refractivity contribution in [1.82, 2.24) is 0 Å². The summed E-state index contributed by atoms with van der Waals surface area (Å²) >= 11 is 0. The SMILES string of the molecule is COc1cccc(C(C)CC(O)CN)c1O. The van der Waals surface area contributed by atoms with Crippen LogP contribution in [0.4, 0.5) is 0 Å². The van der Waals surface area contributed by atoms with Crippen LogP contribution in [0, 0.1) is 0 Å². The predicted octanol–water partition coefficient (Wildman–Crippen LogP) is 1.21. The molecule has 0 fully saturated rings. The molecule has 0 amide bonds. The summed E-state index contributed by atoms with van der Waals surface area (Å²) < 4.78 is 5.03. The first-order valence-corrected chi connectivity index (χ1v) is 5.34. The zero-order valence-corrected chi connectivity index (χ0v) is 9.68. The van der Waals surface area contributed by atoms with Crippen LogP contribution in [0.25, 0.3) is 0 Å². The van der Waals surface area contributed by atoms with Crippen molar-refractivity contribution in [2.75, 3.05) is 13.7 Å². The molecule has 4 nitrogen and oxygen atoms in total. The molecule has 90 valence electrons. The van der Waals surface area contributed by atoms with Crippen LogP contribution >= 0.6 is 0 Å². The summed E-state index contributed by atoms with van der Waals surface area (Å²) in [5.74, 6) is 0.627. The molecule has 4 heteroatoms. The monoisotopic (exact) mass is 225 g/mol. The highest BCUT2D eigenvalue weighted by Crippen LogP contribution is 2.35. The first kappa shape index (κ1) is 12.8. The summed E-state index contributed by atoms with van der Waals surface area (Å²) in [6, 6.07) is 5.34. The van der Waals surface area contributed by atoms with E-state index in [-0.39, 0.29) is 18.2 Å². The average Bonchev–Trinajstić information content (AvgIpc) is 2.29. The second-order valence-electron chi connectivity index (χ2n) is 3.92. The Morgan fingerprint density at radius 3 is 2.69 bits per heavy atom. The Morgan fingerprint density at radius 1 is 1.44 bits per heavy atom. The highest BCUT2D eigenvalue weighted by molar-refractivity contribution is 5.46. The number of aliphatic hydroxyl groups excluding tert-OH is 1. The smallest absolute Gasteiger partial charge is 0.161 e. The summed E-state index contributed by atoms with van der Waals surface area (Å²) in [6.07, 6.45) is -0.0161. The first-order valence-electron chi connectivity index (χ1n) is 5.34. The lowest BCUT2D eigenvalue weighted by Crippen LogP contribution is -2.21. The third-order valence-electron chi connectivity index (χ3n) is 2.68. The number of aromatic hydroxyl groups is 1. The number of benzene rings is 1. The fourth-order valence-corrected chi connectivity index (χ4v) is 1.73. The van der Waals surface area contributed by atoms with Gasteiger partial charge in [0, 0.05) is 12.1 Å². The molecular weight excluding hydrogens is 206 g/mol. The number of nitrogens with two attached hydrogens (primary N) is 1. The molecule has 2 atom stereocenters. The topological polar surface area (TPSA) is 75.7 Å². The van der Waals surface area contributed by atoms with Gasteiger partial charge in [-0.3, -0.25) is 0 Å². The number of hydrogen-bond donors (Lipinski definition) is 3. The van der Waals surface area contributed by atoms with Crippen molar-refractivity contribution in [3.8, 4) is 11.5 Å². The van der Waals surface area contributed by atoms with E-state index in [4.69, 9.17) is 10.5 Å². The molecule has 0 saturated carbocycles. The van der Waals surface area contributed by atoms with E-state index in [9.17, 15) is 10.2 Å². The van der Waals surface area contributed by atoms with E-state index < -0.39 is 6.10 Å². The minimum absolute atomic E-state index is 0.0358. The van der Waals surface area contributed by atoms with Gasteiger partial charge in [0.1, 0.15) is 0 Å². The summed E-state index contributed by atoms with van der Waals surface area (Å²) in [6.45, 7) is 2.17. The predicted molar refractivity (Wildman–Crippen MR) is 62.8 cm³/mol. The van der Waals surface area contributed by atoms with Gasteiger partial charge in [-0.2, -0.15) is 0 Å². The minimum Gasteiger partial charge on any atom is -0.504 e. The number of phenolic OH excluding ortho intramolecular Hbond substituents is 1. The number of phenols is 1. The zero-order chi connectivity index (χ0) is 12.1. The molecule has 16 heavy (non-hydrogen) atoms. The van der Waals surface area contributed by atoms with Crippen LogP contribution in [-0.2, 0) is 0 Å². The Labute approximate surface area is 95.7 Å². The largest absolute Gasteiger partial charge is 0.504 e. The lowest BCUT2D eigenvalue weighted by atomic mass is 9.94. The molecule has 1 aromatic rings. The summed E-state index contributed by atoms with van der Waals surface area (Å²) in [5.41, 5.74) is 6.13. The number of aliphatic hydroxyl groups is 1. The fraction of sp³-hybridized carbons (Fsp3) is 0.500. The number of para-hydroxylation sites is 1. The van der Waals surface area contributed by atoms with E-state index in [2.05, 4.69) is 0 Å². The van der Waals surface area contributed by atoms with Crippen LogP contribution in [-0.4, -0.2) is 30.0 Å². The first-order chi connectivity index (χ1) is 7.60. The van der Waals surface area contributed by atoms with Crippen LogP contribution in [0.2, 0.25) is 0 Å². The number of methoxy groups -OCH3 is 1. The third-order valence-corrected chi connectivity index (χ3v) is 2.68. The van der Waals surface area contributed by atoms with Crippen LogP contribution in [0.5, 0.6) is 11.5 Å². The lowest BCUT2D eigenvalue weighted by molar-refractivity contribution is 0.164. The standard InChI is InChI=1S/C12H19NO3/c1-8(6-9(14)7-13)10-4-3-5-11(16-2)12(10)15/h3-5,8-9,14-15H,6-7,13H2,1-2H3. The van der Waals surface area contributed by atoms with Crippen molar-refractivity contribution in [3.63, 3.8) is 0 Å². The van der Waals surface area contributed by atoms with Gasteiger partial charge in [0.25, 0.3) is 0 Å². The Kier molecular flexibility index (Phi) is 4.58. The normalized spacial score (nSPS) is 14.5. The van der Waals surface area contributed by atoms with Gasteiger partial charge in [-0.05, 0) is 18.4 Å². The van der Waals surface area contributed by atoms with E-state index in [0.717, 1.165) is 5.56 Å². The Bertz CT molecular complexity index is 341. The minimum atomic E-state index is -0.541. The molecular formula is C12H19NO3. The number of hydrogen-bond acceptors (Lipinski definition) is 4. The number of rotatable bonds is 5. The van der Waals surface area contributed by atoms with Gasteiger partial charge in [-0.25, -0.2) is 0 Å². The Hall–Kier alpha value is -1.26. The lowest BCUT2D eigenvalue weighted by Gasteiger charge is -2.17. The average molecular weight is 225 g/mol. The van der Waals surface area contributed by atoms with Crippen LogP contribution in [0.1, 0.15) is 24.8 Å². The van der Waals surface area contributed by atoms with Crippen LogP contribution in [0.15, 0.2) is 18.2 Å². The van der Waals surface area contributed by atoms with Gasteiger partial charge in [0.2, 0.25) is 0 Å². The van der Waals surface area contributed by atoms with Gasteiger partial charge in [0.15, 0.2) is 11.5 Å². The highest BCUT2D eigenvalue weighted by Gasteiger charge is 2.16. The third kappa shape index (κ3) is 2.87. The molecule has 2 unspecified atom stereocenters. The molecule has 0 aromatic heterocycles.